The van der Waals surface area contributed by atoms with Crippen molar-refractivity contribution < 1.29 is 14.4 Å². The van der Waals surface area contributed by atoms with Gasteiger partial charge in [0.1, 0.15) is 0 Å². The van der Waals surface area contributed by atoms with Gasteiger partial charge in [-0.1, -0.05) is 44.9 Å². The molecule has 0 aliphatic rings. The Morgan fingerprint density at radius 2 is 1.58 bits per heavy atom. The zero-order valence-corrected chi connectivity index (χ0v) is 12.8. The van der Waals surface area contributed by atoms with Crippen LogP contribution in [0.25, 0.3) is 0 Å². The van der Waals surface area contributed by atoms with Gasteiger partial charge in [0, 0.05) is 0 Å². The quantitative estimate of drug-likeness (QED) is 0.708. The first-order chi connectivity index (χ1) is 8.98. The predicted molar refractivity (Wildman–Crippen MR) is 79.4 cm³/mol. The van der Waals surface area contributed by atoms with Crippen LogP contribution in [0.2, 0.25) is 0 Å². The minimum atomic E-state index is -3.99. The third-order valence-electron chi connectivity index (χ3n) is 3.33. The Morgan fingerprint density at radius 3 is 2.16 bits per heavy atom. The molecular formula is C15H25O3P. The lowest BCUT2D eigenvalue weighted by molar-refractivity contribution is 0.371. The van der Waals surface area contributed by atoms with E-state index in [1.807, 2.05) is 12.1 Å². The first-order valence-corrected chi connectivity index (χ1v) is 8.92. The molecule has 19 heavy (non-hydrogen) atoms. The fourth-order valence-corrected chi connectivity index (χ4v) is 3.07. The van der Waals surface area contributed by atoms with E-state index in [0.29, 0.717) is 0 Å². The van der Waals surface area contributed by atoms with Crippen molar-refractivity contribution in [2.24, 2.45) is 0 Å². The molecule has 3 nitrogen and oxygen atoms in total. The van der Waals surface area contributed by atoms with E-state index < -0.39 is 7.60 Å². The summed E-state index contributed by atoms with van der Waals surface area (Å²) in [6.07, 6.45) is 6.21. The average Bonchev–Trinajstić information content (AvgIpc) is 2.33. The molecule has 1 rings (SSSR count). The van der Waals surface area contributed by atoms with Crippen LogP contribution in [0.3, 0.4) is 0 Å². The molecule has 0 radical (unpaired) electrons. The van der Waals surface area contributed by atoms with Gasteiger partial charge in [-0.3, -0.25) is 4.57 Å². The minimum Gasteiger partial charge on any atom is -0.324 e. The van der Waals surface area contributed by atoms with Crippen LogP contribution >= 0.6 is 7.60 Å². The highest BCUT2D eigenvalue weighted by Crippen LogP contribution is 2.40. The molecular weight excluding hydrogens is 259 g/mol. The van der Waals surface area contributed by atoms with E-state index >= 15 is 0 Å². The first-order valence-electron chi connectivity index (χ1n) is 7.12. The molecule has 1 aromatic carbocycles. The number of hydrogen-bond acceptors (Lipinski definition) is 1. The van der Waals surface area contributed by atoms with E-state index in [2.05, 4.69) is 19.9 Å². The summed E-state index contributed by atoms with van der Waals surface area (Å²) in [4.78, 5) is 18.4. The molecule has 0 aliphatic heterocycles. The second kappa shape index (κ2) is 7.84. The van der Waals surface area contributed by atoms with Crippen molar-refractivity contribution in [1.29, 1.82) is 0 Å². The fourth-order valence-electron chi connectivity index (χ4n) is 2.33. The topological polar surface area (TPSA) is 57.5 Å². The molecule has 0 unspecified atom stereocenters. The normalized spacial score (nSPS) is 11.8. The van der Waals surface area contributed by atoms with Crippen molar-refractivity contribution in [1.82, 2.24) is 0 Å². The predicted octanol–water partition coefficient (Wildman–Crippen LogP) is 4.05. The molecule has 4 heteroatoms. The Kier molecular flexibility index (Phi) is 6.78. The number of unbranched alkanes of at least 4 members (excludes halogenated alkanes) is 2. The summed E-state index contributed by atoms with van der Waals surface area (Å²) in [5.74, 6) is 0. The summed E-state index contributed by atoms with van der Waals surface area (Å²) in [7, 11) is -3.99. The van der Waals surface area contributed by atoms with Crippen molar-refractivity contribution >= 4 is 7.60 Å². The summed E-state index contributed by atoms with van der Waals surface area (Å²) in [6, 6.07) is 5.88. The van der Waals surface area contributed by atoms with Crippen LogP contribution in [0, 0.1) is 0 Å². The standard InChI is InChI=1S/C15H25O3P/c1-3-5-8-13-9-7-10-14(12-19(16,17)18)15(13)11-6-4-2/h7,9-10H,3-6,8,11-12H2,1-2H3,(H2,16,17,18). The Bertz CT molecular complexity index is 437. The molecule has 108 valence electrons. The maximum Gasteiger partial charge on any atom is 0.329 e. The first kappa shape index (κ1) is 16.4. The van der Waals surface area contributed by atoms with Crippen LogP contribution < -0.4 is 0 Å². The van der Waals surface area contributed by atoms with Crippen LogP contribution in [0.15, 0.2) is 18.2 Å². The molecule has 2 N–H and O–H groups in total. The highest BCUT2D eigenvalue weighted by atomic mass is 31.2. The monoisotopic (exact) mass is 284 g/mol. The van der Waals surface area contributed by atoms with E-state index in [1.165, 1.54) is 11.1 Å². The molecule has 0 saturated carbocycles. The van der Waals surface area contributed by atoms with Crippen LogP contribution in [0.1, 0.15) is 56.2 Å². The maximum absolute atomic E-state index is 11.2. The molecule has 0 amide bonds. The third-order valence-corrected chi connectivity index (χ3v) is 4.08. The van der Waals surface area contributed by atoms with Gasteiger partial charge in [-0.25, -0.2) is 0 Å². The lowest BCUT2D eigenvalue weighted by atomic mass is 9.94. The zero-order valence-electron chi connectivity index (χ0n) is 11.9. The molecule has 0 atom stereocenters. The minimum absolute atomic E-state index is 0.133. The zero-order chi connectivity index (χ0) is 14.3. The third kappa shape index (κ3) is 5.90. The van der Waals surface area contributed by atoms with Gasteiger partial charge in [-0.05, 0) is 42.4 Å². The van der Waals surface area contributed by atoms with Crippen molar-refractivity contribution in [3.05, 3.63) is 34.9 Å². The van der Waals surface area contributed by atoms with Gasteiger partial charge in [0.15, 0.2) is 0 Å². The molecule has 1 aromatic rings. The molecule has 0 spiro atoms. The van der Waals surface area contributed by atoms with Crippen molar-refractivity contribution in [2.45, 2.75) is 58.5 Å². The average molecular weight is 284 g/mol. The Labute approximate surface area is 116 Å². The van der Waals surface area contributed by atoms with Gasteiger partial charge in [-0.2, -0.15) is 0 Å². The van der Waals surface area contributed by atoms with Crippen molar-refractivity contribution in [2.75, 3.05) is 0 Å². The second-order valence-electron chi connectivity index (χ2n) is 5.08. The molecule has 0 aliphatic carbocycles. The van der Waals surface area contributed by atoms with E-state index in [1.54, 1.807) is 0 Å². The lowest BCUT2D eigenvalue weighted by Gasteiger charge is -2.15. The van der Waals surface area contributed by atoms with Crippen LogP contribution in [0.5, 0.6) is 0 Å². The summed E-state index contributed by atoms with van der Waals surface area (Å²) >= 11 is 0. The summed E-state index contributed by atoms with van der Waals surface area (Å²) < 4.78 is 11.2. The van der Waals surface area contributed by atoms with Gasteiger partial charge in [-0.15, -0.1) is 0 Å². The van der Waals surface area contributed by atoms with E-state index in [4.69, 9.17) is 0 Å². The number of benzene rings is 1. The van der Waals surface area contributed by atoms with Crippen molar-refractivity contribution in [3.63, 3.8) is 0 Å². The fraction of sp³-hybridized carbons (Fsp3) is 0.600. The van der Waals surface area contributed by atoms with Crippen LogP contribution in [0.4, 0.5) is 0 Å². The van der Waals surface area contributed by atoms with Crippen LogP contribution in [-0.2, 0) is 23.6 Å². The molecule has 0 saturated heterocycles. The van der Waals surface area contributed by atoms with Crippen LogP contribution in [-0.4, -0.2) is 9.79 Å². The molecule has 0 bridgehead atoms. The molecule has 0 fully saturated rings. The smallest absolute Gasteiger partial charge is 0.324 e. The maximum atomic E-state index is 11.2. The van der Waals surface area contributed by atoms with Gasteiger partial charge >= 0.3 is 7.60 Å². The highest BCUT2D eigenvalue weighted by Gasteiger charge is 2.18. The van der Waals surface area contributed by atoms with Gasteiger partial charge < -0.3 is 9.79 Å². The van der Waals surface area contributed by atoms with Gasteiger partial charge in [0.25, 0.3) is 0 Å². The van der Waals surface area contributed by atoms with E-state index in [-0.39, 0.29) is 6.16 Å². The Hall–Kier alpha value is -0.630. The summed E-state index contributed by atoms with van der Waals surface area (Å²) in [6.45, 7) is 4.29. The second-order valence-corrected chi connectivity index (χ2v) is 6.73. The van der Waals surface area contributed by atoms with Gasteiger partial charge in [0.2, 0.25) is 0 Å². The number of aryl methyl sites for hydroxylation is 1. The largest absolute Gasteiger partial charge is 0.329 e. The summed E-state index contributed by atoms with van der Waals surface area (Å²) in [5.41, 5.74) is 3.26. The van der Waals surface area contributed by atoms with Gasteiger partial charge in [0.05, 0.1) is 6.16 Å². The van der Waals surface area contributed by atoms with E-state index in [0.717, 1.165) is 44.1 Å². The summed E-state index contributed by atoms with van der Waals surface area (Å²) in [5, 5.41) is 0. The number of hydrogen-bond donors (Lipinski definition) is 2. The SMILES string of the molecule is CCCCc1cccc(CP(=O)(O)O)c1CCCC. The highest BCUT2D eigenvalue weighted by molar-refractivity contribution is 7.50. The Balaban J connectivity index is 3.02. The Morgan fingerprint density at radius 1 is 1.00 bits per heavy atom. The lowest BCUT2D eigenvalue weighted by Crippen LogP contribution is -2.01. The number of rotatable bonds is 8. The van der Waals surface area contributed by atoms with E-state index in [9.17, 15) is 14.4 Å². The van der Waals surface area contributed by atoms with Crippen molar-refractivity contribution in [3.8, 4) is 0 Å². The molecule has 0 aromatic heterocycles. The molecule has 0 heterocycles.